The topological polar surface area (TPSA) is 97.3 Å². The zero-order valence-electron chi connectivity index (χ0n) is 30.5. The van der Waals surface area contributed by atoms with E-state index in [4.69, 9.17) is 0 Å². The van der Waals surface area contributed by atoms with Crippen LogP contribution < -0.4 is 5.56 Å². The van der Waals surface area contributed by atoms with Crippen molar-refractivity contribution in [3.8, 4) is 0 Å². The molecule has 4 heterocycles. The summed E-state index contributed by atoms with van der Waals surface area (Å²) in [5.74, 6) is 3.17. The summed E-state index contributed by atoms with van der Waals surface area (Å²) in [6.45, 7) is 23.8. The zero-order valence-corrected chi connectivity index (χ0v) is 30.5. The molecule has 7 heteroatoms. The molecule has 0 saturated carbocycles. The minimum absolute atomic E-state index is 0.0532. The van der Waals surface area contributed by atoms with Crippen molar-refractivity contribution in [2.45, 2.75) is 99.8 Å². The Morgan fingerprint density at radius 2 is 1.02 bits per heavy atom. The Kier molecular flexibility index (Phi) is 24.1. The predicted octanol–water partition coefficient (Wildman–Crippen LogP) is 10.3. The van der Waals surface area contributed by atoms with Crippen molar-refractivity contribution in [1.82, 2.24) is 30.1 Å². The molecule has 0 unspecified atom stereocenters. The van der Waals surface area contributed by atoms with Gasteiger partial charge in [0.1, 0.15) is 6.33 Å². The second kappa shape index (κ2) is 26.7. The van der Waals surface area contributed by atoms with Crippen LogP contribution in [-0.2, 0) is 0 Å². The zero-order chi connectivity index (χ0) is 35.5. The molecule has 0 fully saturated rings. The molecule has 1 aromatic carbocycles. The van der Waals surface area contributed by atoms with Crippen LogP contribution in [-0.4, -0.2) is 30.1 Å². The minimum Gasteiger partial charge on any atom is -0.329 e. The molecule has 254 valence electrons. The van der Waals surface area contributed by atoms with Gasteiger partial charge in [-0.1, -0.05) is 113 Å². The minimum atomic E-state index is -0.0532. The van der Waals surface area contributed by atoms with Crippen LogP contribution >= 0.6 is 0 Å². The van der Waals surface area contributed by atoms with E-state index >= 15 is 0 Å². The molecule has 47 heavy (non-hydrogen) atoms. The van der Waals surface area contributed by atoms with Crippen LogP contribution in [0, 0.1) is 5.92 Å². The highest BCUT2D eigenvalue weighted by Crippen LogP contribution is 2.12. The van der Waals surface area contributed by atoms with Crippen molar-refractivity contribution < 1.29 is 0 Å². The quantitative estimate of drug-likeness (QED) is 0.210. The van der Waals surface area contributed by atoms with Gasteiger partial charge < -0.3 is 4.98 Å². The van der Waals surface area contributed by atoms with Gasteiger partial charge in [-0.15, -0.1) is 0 Å². The molecule has 0 spiro atoms. The maximum Gasteiger partial charge on any atom is 0.247 e. The number of H-pyrrole nitrogens is 1. The molecular weight excluding hydrogens is 580 g/mol. The second-order valence-corrected chi connectivity index (χ2v) is 12.6. The summed E-state index contributed by atoms with van der Waals surface area (Å²) in [5, 5.41) is 7.43. The molecule has 7 nitrogen and oxygen atoms in total. The summed E-state index contributed by atoms with van der Waals surface area (Å²) < 4.78 is 0. The molecule has 5 aromatic rings. The van der Waals surface area contributed by atoms with E-state index in [-0.39, 0.29) is 5.56 Å². The molecule has 4 aromatic heterocycles. The molecule has 0 bridgehead atoms. The SMILES string of the molecule is CC(C)C.CC(C)c1ccccc1.CC(C)c1ccncc1.CC(C)c1ccncn1.CC(C)c1ccnnc1.O=c1cccc[nH]1. The van der Waals surface area contributed by atoms with E-state index in [1.165, 1.54) is 22.8 Å². The first-order chi connectivity index (χ1) is 22.3. The first kappa shape index (κ1) is 42.5. The van der Waals surface area contributed by atoms with Gasteiger partial charge in [0.15, 0.2) is 0 Å². The number of rotatable bonds is 4. The van der Waals surface area contributed by atoms with Crippen LogP contribution in [0.1, 0.15) is 122 Å². The number of nitrogens with one attached hydrogen (secondary N) is 1. The average Bonchev–Trinajstić information content (AvgIpc) is 3.07. The van der Waals surface area contributed by atoms with Gasteiger partial charge >= 0.3 is 0 Å². The molecular formula is C40H58N6O. The van der Waals surface area contributed by atoms with Gasteiger partial charge in [-0.3, -0.25) is 9.78 Å². The van der Waals surface area contributed by atoms with Crippen molar-refractivity contribution in [3.63, 3.8) is 0 Å². The number of pyridine rings is 2. The second-order valence-electron chi connectivity index (χ2n) is 12.6. The van der Waals surface area contributed by atoms with Crippen LogP contribution in [0.15, 0.2) is 121 Å². The van der Waals surface area contributed by atoms with Crippen molar-refractivity contribution >= 4 is 0 Å². The van der Waals surface area contributed by atoms with Crippen LogP contribution in [0.4, 0.5) is 0 Å². The number of benzene rings is 1. The van der Waals surface area contributed by atoms with E-state index in [1.54, 1.807) is 43.2 Å². The number of aromatic amines is 1. The summed E-state index contributed by atoms with van der Waals surface area (Å²) in [5.41, 5.74) is 5.06. The van der Waals surface area contributed by atoms with E-state index in [2.05, 4.69) is 131 Å². The first-order valence-electron chi connectivity index (χ1n) is 16.5. The van der Waals surface area contributed by atoms with Gasteiger partial charge in [0, 0.05) is 42.7 Å². The number of hydrogen-bond donors (Lipinski definition) is 1. The summed E-state index contributed by atoms with van der Waals surface area (Å²) >= 11 is 0. The van der Waals surface area contributed by atoms with Crippen molar-refractivity contribution in [2.75, 3.05) is 0 Å². The molecule has 0 aliphatic rings. The molecule has 0 aliphatic heterocycles. The lowest BCUT2D eigenvalue weighted by atomic mass is 10.0. The van der Waals surface area contributed by atoms with Gasteiger partial charge in [0.05, 0.1) is 6.20 Å². The third kappa shape index (κ3) is 24.4. The monoisotopic (exact) mass is 638 g/mol. The molecule has 0 radical (unpaired) electrons. The standard InChI is InChI=1S/C9H12.C8H11N.2C7H10N2.C5H5NO.C4H10/c1-8(2)9-6-4-3-5-7-9;1-7(2)8-3-5-9-6-4-8;1-6(2)7-3-4-8-5-9-7;1-6(2)7-3-4-8-9-5-7;7-5-3-1-2-4-6-5;1-4(2)3/h3-8H,1-2H3;3-7H,1-2H3;2*3-6H,1-2H3;1-4H,(H,6,7);4H,1-3H3. The van der Waals surface area contributed by atoms with Gasteiger partial charge in [-0.25, -0.2) is 9.97 Å². The Morgan fingerprint density at radius 1 is 0.511 bits per heavy atom. The third-order valence-corrected chi connectivity index (χ3v) is 5.99. The van der Waals surface area contributed by atoms with E-state index in [9.17, 15) is 4.79 Å². The van der Waals surface area contributed by atoms with Crippen molar-refractivity contribution in [3.05, 3.63) is 149 Å². The molecule has 1 N–H and O–H groups in total. The lowest BCUT2D eigenvalue weighted by Crippen LogP contribution is -1.98. The van der Waals surface area contributed by atoms with Crippen LogP contribution in [0.3, 0.4) is 0 Å². The van der Waals surface area contributed by atoms with Crippen LogP contribution in [0.5, 0.6) is 0 Å². The van der Waals surface area contributed by atoms with Gasteiger partial charge in [0.25, 0.3) is 0 Å². The van der Waals surface area contributed by atoms with Crippen molar-refractivity contribution in [1.29, 1.82) is 0 Å². The third-order valence-electron chi connectivity index (χ3n) is 5.99. The summed E-state index contributed by atoms with van der Waals surface area (Å²) in [6, 6.07) is 23.5. The Balaban J connectivity index is 0.000000548. The molecule has 0 saturated heterocycles. The first-order valence-corrected chi connectivity index (χ1v) is 16.5. The predicted molar refractivity (Wildman–Crippen MR) is 199 cm³/mol. The Bertz CT molecular complexity index is 1230. The fourth-order valence-electron chi connectivity index (χ4n) is 3.25. The molecule has 0 aliphatic carbocycles. The smallest absolute Gasteiger partial charge is 0.247 e. The Morgan fingerprint density at radius 3 is 1.32 bits per heavy atom. The lowest BCUT2D eigenvalue weighted by Gasteiger charge is -2.01. The maximum absolute atomic E-state index is 10.2. The van der Waals surface area contributed by atoms with Crippen LogP contribution in [0.2, 0.25) is 0 Å². The number of hydrogen-bond acceptors (Lipinski definition) is 6. The van der Waals surface area contributed by atoms with Crippen LogP contribution in [0.25, 0.3) is 0 Å². The average molecular weight is 639 g/mol. The Hall–Kier alpha value is -4.52. The fraction of sp³-hybridized carbons (Fsp3) is 0.400. The van der Waals surface area contributed by atoms with Crippen molar-refractivity contribution in [2.24, 2.45) is 5.92 Å². The normalized spacial score (nSPS) is 9.79. The lowest BCUT2D eigenvalue weighted by molar-refractivity contribution is 0.737. The van der Waals surface area contributed by atoms with Gasteiger partial charge in [0.2, 0.25) is 5.56 Å². The van der Waals surface area contributed by atoms with E-state index in [0.717, 1.165) is 11.6 Å². The highest BCUT2D eigenvalue weighted by Gasteiger charge is 1.97. The van der Waals surface area contributed by atoms with Gasteiger partial charge in [-0.2, -0.15) is 10.2 Å². The van der Waals surface area contributed by atoms with E-state index in [1.807, 2.05) is 42.7 Å². The highest BCUT2D eigenvalue weighted by molar-refractivity contribution is 5.17. The molecule has 0 amide bonds. The summed E-state index contributed by atoms with van der Waals surface area (Å²) in [7, 11) is 0. The van der Waals surface area contributed by atoms with E-state index < -0.39 is 0 Å². The van der Waals surface area contributed by atoms with Gasteiger partial charge in [-0.05, 0) is 76.6 Å². The summed E-state index contributed by atoms with van der Waals surface area (Å²) in [6.07, 6.45) is 12.1. The maximum atomic E-state index is 10.2. The largest absolute Gasteiger partial charge is 0.329 e. The fourth-order valence-corrected chi connectivity index (χ4v) is 3.25. The number of nitrogens with zero attached hydrogens (tertiary/aromatic N) is 5. The summed E-state index contributed by atoms with van der Waals surface area (Å²) in [4.78, 5) is 24.5. The van der Waals surface area contributed by atoms with E-state index in [0.29, 0.717) is 23.7 Å². The molecule has 5 rings (SSSR count). The Labute approximate surface area is 284 Å². The number of aromatic nitrogens is 6. The highest BCUT2D eigenvalue weighted by atomic mass is 16.1. The molecule has 0 atom stereocenters.